The number of aromatic nitrogens is 3. The summed E-state index contributed by atoms with van der Waals surface area (Å²) >= 11 is 0. The van der Waals surface area contributed by atoms with E-state index >= 15 is 0 Å². The Morgan fingerprint density at radius 2 is 1.62 bits per heavy atom. The van der Waals surface area contributed by atoms with E-state index in [1.54, 1.807) is 27.7 Å². The Labute approximate surface area is 147 Å². The molecule has 0 amide bonds. The first-order chi connectivity index (χ1) is 12.0. The van der Waals surface area contributed by atoms with Gasteiger partial charge < -0.3 is 9.31 Å². The van der Waals surface area contributed by atoms with Gasteiger partial charge in [-0.2, -0.15) is 0 Å². The van der Waals surface area contributed by atoms with Gasteiger partial charge in [-0.15, -0.1) is 5.10 Å². The number of rotatable bonds is 3. The van der Waals surface area contributed by atoms with Crippen molar-refractivity contribution in [3.8, 4) is 5.69 Å². The Bertz CT molecular complexity index is 866. The number of nitrogens with zero attached hydrogens (tertiary/aromatic N) is 3. The lowest BCUT2D eigenvalue weighted by Gasteiger charge is -2.32. The van der Waals surface area contributed by atoms with Crippen molar-refractivity contribution in [2.24, 2.45) is 0 Å². The van der Waals surface area contributed by atoms with Crippen LogP contribution in [0.4, 0.5) is 17.6 Å². The molecule has 2 heterocycles. The van der Waals surface area contributed by atoms with E-state index in [-0.39, 0.29) is 11.4 Å². The van der Waals surface area contributed by atoms with E-state index in [2.05, 4.69) is 10.3 Å². The maximum absolute atomic E-state index is 14.4. The topological polar surface area (TPSA) is 49.2 Å². The van der Waals surface area contributed by atoms with Gasteiger partial charge in [0.15, 0.2) is 17.5 Å². The minimum absolute atomic E-state index is 0.0290. The number of hydrogen-bond acceptors (Lipinski definition) is 4. The monoisotopic (exact) mass is 369 g/mol. The lowest BCUT2D eigenvalue weighted by molar-refractivity contribution is 0.00578. The summed E-state index contributed by atoms with van der Waals surface area (Å²) in [4.78, 5) is 0. The van der Waals surface area contributed by atoms with Crippen LogP contribution in [0.2, 0.25) is 0 Å². The van der Waals surface area contributed by atoms with Gasteiger partial charge in [0.2, 0.25) is 0 Å². The molecule has 1 fully saturated rings. The molecule has 0 aliphatic carbocycles. The van der Waals surface area contributed by atoms with E-state index in [9.17, 15) is 17.6 Å². The zero-order valence-corrected chi connectivity index (χ0v) is 14.6. The standard InChI is InChI=1S/C16H16BF4N3O2/c1-15(2)16(3,4)26-17(25-15)14(21)5-9-8-24(23-22-9)13-7-11(19)10(18)6-12(13)20/h5-8H,1-4H3. The quantitative estimate of drug-likeness (QED) is 0.471. The van der Waals surface area contributed by atoms with Crippen LogP contribution in [-0.2, 0) is 9.31 Å². The number of hydrogen-bond donors (Lipinski definition) is 0. The molecule has 5 nitrogen and oxygen atoms in total. The highest BCUT2D eigenvalue weighted by molar-refractivity contribution is 6.54. The van der Waals surface area contributed by atoms with Crippen molar-refractivity contribution >= 4 is 13.2 Å². The molecule has 0 atom stereocenters. The summed E-state index contributed by atoms with van der Waals surface area (Å²) in [6, 6.07) is 1.03. The zero-order chi connectivity index (χ0) is 19.3. The molecule has 3 rings (SSSR count). The van der Waals surface area contributed by atoms with E-state index in [1.165, 1.54) is 6.20 Å². The predicted molar refractivity (Wildman–Crippen MR) is 86.4 cm³/mol. The third kappa shape index (κ3) is 3.26. The zero-order valence-electron chi connectivity index (χ0n) is 14.6. The van der Waals surface area contributed by atoms with Crippen LogP contribution in [0, 0.1) is 17.5 Å². The molecule has 1 aromatic heterocycles. The lowest BCUT2D eigenvalue weighted by atomic mass is 9.87. The molecule has 138 valence electrons. The minimum Gasteiger partial charge on any atom is -0.398 e. The summed E-state index contributed by atoms with van der Waals surface area (Å²) in [6.45, 7) is 7.12. The molecule has 0 bridgehead atoms. The first-order valence-corrected chi connectivity index (χ1v) is 7.80. The van der Waals surface area contributed by atoms with Crippen molar-refractivity contribution in [1.82, 2.24) is 15.0 Å². The average molecular weight is 369 g/mol. The SMILES string of the molecule is CC1(C)OB(C(F)=Cc2cn(-c3cc(F)c(F)cc3F)nn2)OC1(C)C. The Morgan fingerprint density at radius 1 is 1.04 bits per heavy atom. The van der Waals surface area contributed by atoms with Crippen LogP contribution in [0.3, 0.4) is 0 Å². The van der Waals surface area contributed by atoms with Crippen LogP contribution in [0.1, 0.15) is 33.4 Å². The molecule has 10 heteroatoms. The van der Waals surface area contributed by atoms with Gasteiger partial charge in [0.05, 0.1) is 17.4 Å². The van der Waals surface area contributed by atoms with Crippen molar-refractivity contribution in [1.29, 1.82) is 0 Å². The summed E-state index contributed by atoms with van der Waals surface area (Å²) in [5.41, 5.74) is -2.50. The van der Waals surface area contributed by atoms with Gasteiger partial charge in [-0.05, 0) is 33.8 Å². The highest BCUT2D eigenvalue weighted by atomic mass is 19.2. The smallest absolute Gasteiger partial charge is 0.398 e. The van der Waals surface area contributed by atoms with Crippen LogP contribution < -0.4 is 0 Å². The summed E-state index contributed by atoms with van der Waals surface area (Å²) in [6.07, 6.45) is 2.18. The van der Waals surface area contributed by atoms with Crippen LogP contribution >= 0.6 is 0 Å². The molecule has 0 spiro atoms. The van der Waals surface area contributed by atoms with E-state index < -0.39 is 41.5 Å². The molecule has 1 aromatic carbocycles. The van der Waals surface area contributed by atoms with Crippen molar-refractivity contribution < 1.29 is 26.9 Å². The van der Waals surface area contributed by atoms with Crippen LogP contribution in [0.15, 0.2) is 24.1 Å². The second-order valence-electron chi connectivity index (χ2n) is 6.92. The molecule has 1 saturated heterocycles. The molecule has 1 aliphatic rings. The maximum atomic E-state index is 14.4. The van der Waals surface area contributed by atoms with E-state index in [0.717, 1.165) is 10.8 Å². The molecule has 0 unspecified atom stereocenters. The summed E-state index contributed by atoms with van der Waals surface area (Å²) in [7, 11) is -1.22. The first-order valence-electron chi connectivity index (χ1n) is 7.80. The van der Waals surface area contributed by atoms with Gasteiger partial charge in [0.25, 0.3) is 0 Å². The average Bonchev–Trinajstić information content (AvgIpc) is 3.05. The molecule has 1 aliphatic heterocycles. The van der Waals surface area contributed by atoms with Crippen molar-refractivity contribution in [3.05, 3.63) is 47.2 Å². The number of halogens is 4. The minimum atomic E-state index is -1.32. The van der Waals surface area contributed by atoms with Gasteiger partial charge in [0.1, 0.15) is 17.1 Å². The van der Waals surface area contributed by atoms with E-state index in [0.29, 0.717) is 12.1 Å². The number of benzene rings is 1. The third-order valence-corrected chi connectivity index (χ3v) is 4.51. The van der Waals surface area contributed by atoms with Gasteiger partial charge in [-0.25, -0.2) is 22.2 Å². The summed E-state index contributed by atoms with van der Waals surface area (Å²) < 4.78 is 66.5. The van der Waals surface area contributed by atoms with Crippen LogP contribution in [0.25, 0.3) is 11.8 Å². The molecular formula is C16H16BF4N3O2. The Hall–Kier alpha value is -2.20. The Kier molecular flexibility index (Phi) is 4.44. The van der Waals surface area contributed by atoms with Gasteiger partial charge in [0, 0.05) is 12.1 Å². The third-order valence-electron chi connectivity index (χ3n) is 4.51. The normalized spacial score (nSPS) is 19.2. The highest BCUT2D eigenvalue weighted by Gasteiger charge is 2.53. The van der Waals surface area contributed by atoms with Crippen molar-refractivity contribution in [3.63, 3.8) is 0 Å². The largest absolute Gasteiger partial charge is 0.525 e. The highest BCUT2D eigenvalue weighted by Crippen LogP contribution is 2.39. The fraction of sp³-hybridized carbons (Fsp3) is 0.375. The van der Waals surface area contributed by atoms with Crippen LogP contribution in [-0.4, -0.2) is 33.3 Å². The van der Waals surface area contributed by atoms with Crippen LogP contribution in [0.5, 0.6) is 0 Å². The fourth-order valence-electron chi connectivity index (χ4n) is 2.31. The second-order valence-corrected chi connectivity index (χ2v) is 6.92. The van der Waals surface area contributed by atoms with Crippen molar-refractivity contribution in [2.75, 3.05) is 0 Å². The van der Waals surface area contributed by atoms with Crippen molar-refractivity contribution in [2.45, 2.75) is 38.9 Å². The van der Waals surface area contributed by atoms with Gasteiger partial charge in [-0.1, -0.05) is 5.21 Å². The molecule has 2 aromatic rings. The molecule has 26 heavy (non-hydrogen) atoms. The van der Waals surface area contributed by atoms with E-state index in [1.807, 2.05) is 0 Å². The second kappa shape index (κ2) is 6.20. The molecule has 0 radical (unpaired) electrons. The van der Waals surface area contributed by atoms with Gasteiger partial charge in [-0.3, -0.25) is 0 Å². The lowest BCUT2D eigenvalue weighted by Crippen LogP contribution is -2.41. The summed E-state index contributed by atoms with van der Waals surface area (Å²) in [5.74, 6) is -3.59. The maximum Gasteiger partial charge on any atom is 0.525 e. The Balaban J connectivity index is 1.85. The summed E-state index contributed by atoms with van der Waals surface area (Å²) in [5, 5.41) is 7.27. The Morgan fingerprint density at radius 3 is 2.23 bits per heavy atom. The fourth-order valence-corrected chi connectivity index (χ4v) is 2.31. The predicted octanol–water partition coefficient (Wildman–Crippen LogP) is 3.63. The first kappa shape index (κ1) is 18.6. The van der Waals surface area contributed by atoms with Gasteiger partial charge >= 0.3 is 7.12 Å². The molecule has 0 N–H and O–H groups in total. The van der Waals surface area contributed by atoms with E-state index in [4.69, 9.17) is 9.31 Å². The molecule has 0 saturated carbocycles. The molecular weight excluding hydrogens is 353 g/mol.